The van der Waals surface area contributed by atoms with Crippen LogP contribution in [0.3, 0.4) is 0 Å². The monoisotopic (exact) mass is 462 g/mol. The molecule has 7 unspecified atom stereocenters. The van der Waals surface area contributed by atoms with E-state index in [1.807, 2.05) is 0 Å². The van der Waals surface area contributed by atoms with Crippen molar-refractivity contribution in [2.24, 2.45) is 46.8 Å². The zero-order chi connectivity index (χ0) is 21.8. The predicted octanol–water partition coefficient (Wildman–Crippen LogP) is 5.31. The molecule has 0 aliphatic heterocycles. The molecule has 7 atom stereocenters. The average molecular weight is 463 g/mol. The largest absolute Gasteiger partial charge is 0.320 e. The summed E-state index contributed by atoms with van der Waals surface area (Å²) in [5.41, 5.74) is 1.65. The maximum Gasteiger partial charge on any atom is 0.320 e. The number of carbonyl (C=O) groups excluding carboxylic acids is 1. The summed E-state index contributed by atoms with van der Waals surface area (Å²) in [5.74, 6) is 10.8. The molecular weight excluding hydrogens is 428 g/mol. The summed E-state index contributed by atoms with van der Waals surface area (Å²) in [5, 5.41) is 0. The van der Waals surface area contributed by atoms with E-state index in [4.69, 9.17) is 4.55 Å². The van der Waals surface area contributed by atoms with Crippen molar-refractivity contribution in [1.29, 1.82) is 0 Å². The Morgan fingerprint density at radius 3 is 2.58 bits per heavy atom. The third-order valence-electron chi connectivity index (χ3n) is 9.25. The van der Waals surface area contributed by atoms with E-state index in [1.165, 1.54) is 38.5 Å². The quantitative estimate of drug-likeness (QED) is 0.265. The number of hydrogen-bond acceptors (Lipinski definition) is 4. The van der Waals surface area contributed by atoms with Gasteiger partial charge >= 0.3 is 9.15 Å². The molecule has 0 heterocycles. The van der Waals surface area contributed by atoms with Gasteiger partial charge in [0.2, 0.25) is 0 Å². The number of fused-ring (bicyclic) bond motifs is 5. The molecule has 0 aromatic carbocycles. The van der Waals surface area contributed by atoms with Crippen LogP contribution in [0.4, 0.5) is 0 Å². The van der Waals surface area contributed by atoms with Crippen LogP contribution in [0.2, 0.25) is 0 Å². The second kappa shape index (κ2) is 8.22. The number of rotatable bonds is 4. The Bertz CT molecular complexity index is 938. The van der Waals surface area contributed by atoms with Gasteiger partial charge in [-0.15, -0.1) is 0 Å². The van der Waals surface area contributed by atoms with Crippen LogP contribution in [0.5, 0.6) is 0 Å². The zero-order valence-corrected chi connectivity index (χ0v) is 20.0. The predicted molar refractivity (Wildman–Crippen MR) is 124 cm³/mol. The molecule has 5 aliphatic carbocycles. The lowest BCUT2D eigenvalue weighted by Crippen LogP contribution is -2.47. The SMILES string of the molecule is CC12CCC3C4CCC(C#CC5CC5)CC4=CCC3C1CCC2C(=O)CSS(=O)(=O)O. The summed E-state index contributed by atoms with van der Waals surface area (Å²) >= 11 is 0. The smallest absolute Gasteiger partial charge is 0.298 e. The maximum atomic E-state index is 12.9. The molecule has 0 amide bonds. The first-order valence-corrected chi connectivity index (χ1v) is 15.0. The minimum atomic E-state index is -4.16. The third kappa shape index (κ3) is 4.39. The zero-order valence-electron chi connectivity index (χ0n) is 18.4. The minimum absolute atomic E-state index is 0.00728. The fraction of sp³-hybridized carbons (Fsp3) is 0.800. The topological polar surface area (TPSA) is 71.4 Å². The van der Waals surface area contributed by atoms with Crippen LogP contribution in [-0.4, -0.2) is 24.5 Å². The highest BCUT2D eigenvalue weighted by atomic mass is 33.1. The van der Waals surface area contributed by atoms with Crippen LogP contribution >= 0.6 is 10.8 Å². The highest BCUT2D eigenvalue weighted by molar-refractivity contribution is 8.70. The molecule has 4 saturated carbocycles. The number of ketones is 1. The molecule has 1 N–H and O–H groups in total. The van der Waals surface area contributed by atoms with E-state index >= 15 is 0 Å². The van der Waals surface area contributed by atoms with Gasteiger partial charge in [0, 0.05) is 28.5 Å². The van der Waals surface area contributed by atoms with Crippen molar-refractivity contribution in [2.75, 3.05) is 5.75 Å². The second-order valence-electron chi connectivity index (χ2n) is 10.9. The molecule has 4 nitrogen and oxygen atoms in total. The van der Waals surface area contributed by atoms with Crippen LogP contribution < -0.4 is 0 Å². The summed E-state index contributed by atoms with van der Waals surface area (Å²) in [6.45, 7) is 2.28. The van der Waals surface area contributed by atoms with Crippen molar-refractivity contribution in [3.8, 4) is 11.8 Å². The number of hydrogen-bond donors (Lipinski definition) is 1. The van der Waals surface area contributed by atoms with Crippen LogP contribution in [0, 0.1) is 58.7 Å². The lowest BCUT2D eigenvalue weighted by atomic mass is 9.51. The van der Waals surface area contributed by atoms with Gasteiger partial charge in [-0.3, -0.25) is 9.35 Å². The molecule has 0 radical (unpaired) electrons. The molecule has 0 aromatic heterocycles. The fourth-order valence-corrected chi connectivity index (χ4v) is 8.88. The summed E-state index contributed by atoms with van der Waals surface area (Å²) in [6, 6.07) is 0. The summed E-state index contributed by atoms with van der Waals surface area (Å²) in [7, 11) is -3.79. The molecule has 0 bridgehead atoms. The van der Waals surface area contributed by atoms with Gasteiger partial charge in [-0.25, -0.2) is 0 Å². The van der Waals surface area contributed by atoms with E-state index in [2.05, 4.69) is 24.8 Å². The second-order valence-corrected chi connectivity index (χ2v) is 14.3. The average Bonchev–Trinajstić information content (AvgIpc) is 3.49. The summed E-state index contributed by atoms with van der Waals surface area (Å²) in [4.78, 5) is 12.9. The molecule has 0 saturated heterocycles. The maximum absolute atomic E-state index is 12.9. The first kappa shape index (κ1) is 22.0. The molecule has 4 fully saturated rings. The van der Waals surface area contributed by atoms with E-state index in [-0.39, 0.29) is 22.9 Å². The van der Waals surface area contributed by atoms with E-state index in [0.29, 0.717) is 40.4 Å². The first-order valence-electron chi connectivity index (χ1n) is 12.1. The van der Waals surface area contributed by atoms with Crippen molar-refractivity contribution in [2.45, 2.75) is 71.1 Å². The Morgan fingerprint density at radius 1 is 1.10 bits per heavy atom. The summed E-state index contributed by atoms with van der Waals surface area (Å²) < 4.78 is 31.2. The van der Waals surface area contributed by atoms with Crippen LogP contribution in [-0.2, 0) is 13.9 Å². The fourth-order valence-electron chi connectivity index (χ4n) is 7.62. The van der Waals surface area contributed by atoms with Crippen molar-refractivity contribution < 1.29 is 17.8 Å². The lowest BCUT2D eigenvalue weighted by Gasteiger charge is -2.53. The molecule has 5 aliphatic rings. The van der Waals surface area contributed by atoms with Crippen molar-refractivity contribution in [1.82, 2.24) is 0 Å². The van der Waals surface area contributed by atoms with Crippen molar-refractivity contribution >= 4 is 25.7 Å². The van der Waals surface area contributed by atoms with Gasteiger partial charge in [-0.05, 0) is 93.3 Å². The van der Waals surface area contributed by atoms with Gasteiger partial charge in [0.1, 0.15) is 5.78 Å². The molecule has 6 heteroatoms. The number of Topliss-reactive ketones (excluding diaryl/α,β-unsaturated/α-hetero) is 1. The first-order chi connectivity index (χ1) is 14.7. The molecule has 31 heavy (non-hydrogen) atoms. The van der Waals surface area contributed by atoms with E-state index in [9.17, 15) is 13.2 Å². The highest BCUT2D eigenvalue weighted by Gasteiger charge is 2.57. The van der Waals surface area contributed by atoms with Crippen LogP contribution in [0.1, 0.15) is 71.1 Å². The Labute approximate surface area is 190 Å². The van der Waals surface area contributed by atoms with Gasteiger partial charge < -0.3 is 0 Å². The third-order valence-corrected chi connectivity index (χ3v) is 11.2. The molecule has 170 valence electrons. The highest BCUT2D eigenvalue weighted by Crippen LogP contribution is 2.63. The van der Waals surface area contributed by atoms with E-state index in [0.717, 1.165) is 31.6 Å². The van der Waals surface area contributed by atoms with Crippen LogP contribution in [0.15, 0.2) is 11.6 Å². The molecular formula is C25H34O4S2. The van der Waals surface area contributed by atoms with Gasteiger partial charge in [0.05, 0.1) is 5.75 Å². The van der Waals surface area contributed by atoms with E-state index < -0.39 is 9.15 Å². The van der Waals surface area contributed by atoms with Gasteiger partial charge in [0.25, 0.3) is 0 Å². The van der Waals surface area contributed by atoms with E-state index in [1.54, 1.807) is 5.57 Å². The van der Waals surface area contributed by atoms with Gasteiger partial charge in [0.15, 0.2) is 0 Å². The van der Waals surface area contributed by atoms with Crippen molar-refractivity contribution in [3.63, 3.8) is 0 Å². The normalized spacial score (nSPS) is 41.8. The van der Waals surface area contributed by atoms with Gasteiger partial charge in [-0.2, -0.15) is 8.42 Å². The standard InChI is InChI=1S/C25H34O4S2/c1-25-13-12-20-19-8-6-17(5-4-16-2-3-16)14-18(19)7-9-21(20)22(25)10-11-23(25)24(26)15-30-31(27,28)29/h7,16-17,19-23H,2-3,6,8-15H2,1H3,(H,27,28,29). The Kier molecular flexibility index (Phi) is 5.85. The lowest BCUT2D eigenvalue weighted by molar-refractivity contribution is -0.126. The molecule has 0 aromatic rings. The number of carbonyl (C=O) groups is 1. The Morgan fingerprint density at radius 2 is 1.84 bits per heavy atom. The Hall–Kier alpha value is -0.770. The number of allylic oxidation sites excluding steroid dienone is 2. The molecule has 5 rings (SSSR count). The molecule has 0 spiro atoms. The van der Waals surface area contributed by atoms with Crippen LogP contribution in [0.25, 0.3) is 0 Å². The summed E-state index contributed by atoms with van der Waals surface area (Å²) in [6.07, 6.45) is 14.2. The van der Waals surface area contributed by atoms with Gasteiger partial charge in [-0.1, -0.05) is 30.4 Å². The van der Waals surface area contributed by atoms with Crippen molar-refractivity contribution in [3.05, 3.63) is 11.6 Å². The minimum Gasteiger partial charge on any atom is -0.298 e. The Balaban J connectivity index is 1.28.